The Morgan fingerprint density at radius 1 is 1.32 bits per heavy atom. The molecule has 0 spiro atoms. The largest absolute Gasteiger partial charge is 0.364 e. The average Bonchev–Trinajstić information content (AvgIpc) is 3.09. The third kappa shape index (κ3) is 4.16. The number of carbonyl (C=O) groups is 1. The summed E-state index contributed by atoms with van der Waals surface area (Å²) in [5.74, 6) is 0.0239. The molecule has 2 fully saturated rings. The standard InChI is InChI=1S/C14H27N3O2/c1-17(11-4-2-3-5-11)9-8-16-14(18)13-7-6-12(10-15)19-13/h11-13H,2-10,15H2,1H3,(H,16,18). The number of amides is 1. The zero-order chi connectivity index (χ0) is 13.7. The Morgan fingerprint density at radius 3 is 2.68 bits per heavy atom. The van der Waals surface area contributed by atoms with Crippen LogP contribution in [0.15, 0.2) is 0 Å². The van der Waals surface area contributed by atoms with Crippen LogP contribution in [0.2, 0.25) is 0 Å². The second-order valence-electron chi connectivity index (χ2n) is 5.77. The van der Waals surface area contributed by atoms with Crippen molar-refractivity contribution in [2.75, 3.05) is 26.7 Å². The number of nitrogens with two attached hydrogens (primary N) is 1. The minimum Gasteiger partial charge on any atom is -0.364 e. The molecular formula is C14H27N3O2. The SMILES string of the molecule is CN(CCNC(=O)C1CCC(CN)O1)C1CCCC1. The van der Waals surface area contributed by atoms with Crippen molar-refractivity contribution in [1.82, 2.24) is 10.2 Å². The summed E-state index contributed by atoms with van der Waals surface area (Å²) >= 11 is 0. The predicted octanol–water partition coefficient (Wildman–Crippen LogP) is 0.483. The Morgan fingerprint density at radius 2 is 2.05 bits per heavy atom. The minimum atomic E-state index is -0.287. The molecule has 2 atom stereocenters. The monoisotopic (exact) mass is 269 g/mol. The van der Waals surface area contributed by atoms with Gasteiger partial charge < -0.3 is 20.7 Å². The third-order valence-electron chi connectivity index (χ3n) is 4.37. The molecule has 1 saturated heterocycles. The van der Waals surface area contributed by atoms with E-state index in [2.05, 4.69) is 17.3 Å². The number of ether oxygens (including phenoxy) is 1. The van der Waals surface area contributed by atoms with Gasteiger partial charge in [0.2, 0.25) is 5.91 Å². The van der Waals surface area contributed by atoms with Gasteiger partial charge in [0.1, 0.15) is 6.10 Å². The summed E-state index contributed by atoms with van der Waals surface area (Å²) in [6, 6.07) is 0.709. The lowest BCUT2D eigenvalue weighted by molar-refractivity contribution is -0.131. The zero-order valence-electron chi connectivity index (χ0n) is 11.9. The fraction of sp³-hybridized carbons (Fsp3) is 0.929. The molecule has 0 aromatic heterocycles. The first-order valence-electron chi connectivity index (χ1n) is 7.54. The molecule has 5 heteroatoms. The van der Waals surface area contributed by atoms with Crippen LogP contribution in [0.1, 0.15) is 38.5 Å². The summed E-state index contributed by atoms with van der Waals surface area (Å²) in [5.41, 5.74) is 5.54. The highest BCUT2D eigenvalue weighted by Gasteiger charge is 2.29. The molecule has 2 unspecified atom stereocenters. The first kappa shape index (κ1) is 14.8. The Kier molecular flexibility index (Phi) is 5.60. The summed E-state index contributed by atoms with van der Waals surface area (Å²) in [7, 11) is 2.15. The van der Waals surface area contributed by atoms with Crippen molar-refractivity contribution in [2.24, 2.45) is 5.73 Å². The normalized spacial score (nSPS) is 28.2. The minimum absolute atomic E-state index is 0.0239. The van der Waals surface area contributed by atoms with Gasteiger partial charge in [0.15, 0.2) is 0 Å². The quantitative estimate of drug-likeness (QED) is 0.736. The summed E-state index contributed by atoms with van der Waals surface area (Å²) in [6.45, 7) is 2.14. The highest BCUT2D eigenvalue weighted by Crippen LogP contribution is 2.22. The van der Waals surface area contributed by atoms with Gasteiger partial charge in [-0.25, -0.2) is 0 Å². The molecular weight excluding hydrogens is 242 g/mol. The van der Waals surface area contributed by atoms with Crippen LogP contribution < -0.4 is 11.1 Å². The number of nitrogens with one attached hydrogen (secondary N) is 1. The van der Waals surface area contributed by atoms with E-state index in [-0.39, 0.29) is 18.1 Å². The van der Waals surface area contributed by atoms with Crippen LogP contribution in [0.5, 0.6) is 0 Å². The highest BCUT2D eigenvalue weighted by molar-refractivity contribution is 5.81. The first-order chi connectivity index (χ1) is 9.20. The molecule has 19 heavy (non-hydrogen) atoms. The molecule has 1 aliphatic heterocycles. The predicted molar refractivity (Wildman–Crippen MR) is 74.8 cm³/mol. The maximum atomic E-state index is 11.9. The van der Waals surface area contributed by atoms with E-state index >= 15 is 0 Å². The summed E-state index contributed by atoms with van der Waals surface area (Å²) in [4.78, 5) is 14.3. The smallest absolute Gasteiger partial charge is 0.249 e. The van der Waals surface area contributed by atoms with Gasteiger partial charge in [-0.1, -0.05) is 12.8 Å². The fourth-order valence-corrected chi connectivity index (χ4v) is 3.07. The number of nitrogens with zero attached hydrogens (tertiary/aromatic N) is 1. The molecule has 1 amide bonds. The topological polar surface area (TPSA) is 67.6 Å². The van der Waals surface area contributed by atoms with Crippen molar-refractivity contribution >= 4 is 5.91 Å². The number of rotatable bonds is 6. The van der Waals surface area contributed by atoms with Gasteiger partial charge in [-0.15, -0.1) is 0 Å². The molecule has 5 nitrogen and oxygen atoms in total. The van der Waals surface area contributed by atoms with E-state index < -0.39 is 0 Å². The van der Waals surface area contributed by atoms with Gasteiger partial charge in [0.05, 0.1) is 6.10 Å². The molecule has 0 aromatic rings. The van der Waals surface area contributed by atoms with Gasteiger partial charge in [-0.3, -0.25) is 4.79 Å². The first-order valence-corrected chi connectivity index (χ1v) is 7.54. The molecule has 0 radical (unpaired) electrons. The van der Waals surface area contributed by atoms with Crippen molar-refractivity contribution in [3.63, 3.8) is 0 Å². The second-order valence-corrected chi connectivity index (χ2v) is 5.77. The van der Waals surface area contributed by atoms with Crippen molar-refractivity contribution in [3.8, 4) is 0 Å². The molecule has 0 aromatic carbocycles. The molecule has 3 N–H and O–H groups in total. The average molecular weight is 269 g/mol. The molecule has 1 aliphatic carbocycles. The molecule has 2 aliphatic rings. The van der Waals surface area contributed by atoms with Crippen molar-refractivity contribution in [2.45, 2.75) is 56.8 Å². The van der Waals surface area contributed by atoms with Crippen LogP contribution in [0.25, 0.3) is 0 Å². The Balaban J connectivity index is 1.61. The Hall–Kier alpha value is -0.650. The van der Waals surface area contributed by atoms with Gasteiger partial charge in [0.25, 0.3) is 0 Å². The van der Waals surface area contributed by atoms with Crippen molar-refractivity contribution < 1.29 is 9.53 Å². The maximum Gasteiger partial charge on any atom is 0.249 e. The van der Waals surface area contributed by atoms with E-state index in [1.165, 1.54) is 25.7 Å². The van der Waals surface area contributed by atoms with Crippen LogP contribution in [0.4, 0.5) is 0 Å². The Labute approximate surface area is 115 Å². The highest BCUT2D eigenvalue weighted by atomic mass is 16.5. The van der Waals surface area contributed by atoms with Crippen LogP contribution in [-0.4, -0.2) is 55.7 Å². The lowest BCUT2D eigenvalue weighted by Gasteiger charge is -2.24. The molecule has 2 rings (SSSR count). The second kappa shape index (κ2) is 7.22. The number of hydrogen-bond donors (Lipinski definition) is 2. The lowest BCUT2D eigenvalue weighted by atomic mass is 10.2. The van der Waals surface area contributed by atoms with Gasteiger partial charge >= 0.3 is 0 Å². The number of likely N-dealkylation sites (N-methyl/N-ethyl adjacent to an activating group) is 1. The van der Waals surface area contributed by atoms with Gasteiger partial charge in [0, 0.05) is 25.7 Å². The third-order valence-corrected chi connectivity index (χ3v) is 4.37. The van der Waals surface area contributed by atoms with Gasteiger partial charge in [-0.05, 0) is 32.7 Å². The molecule has 1 heterocycles. The van der Waals surface area contributed by atoms with Crippen LogP contribution >= 0.6 is 0 Å². The lowest BCUT2D eigenvalue weighted by Crippen LogP contribution is -2.41. The fourth-order valence-electron chi connectivity index (χ4n) is 3.07. The summed E-state index contributed by atoms with van der Waals surface area (Å²) in [5, 5.41) is 2.98. The van der Waals surface area contributed by atoms with E-state index in [1.54, 1.807) is 0 Å². The van der Waals surface area contributed by atoms with Gasteiger partial charge in [-0.2, -0.15) is 0 Å². The number of hydrogen-bond acceptors (Lipinski definition) is 4. The number of carbonyl (C=O) groups excluding carboxylic acids is 1. The summed E-state index contributed by atoms with van der Waals surface area (Å²) in [6.07, 6.45) is 6.77. The summed E-state index contributed by atoms with van der Waals surface area (Å²) < 4.78 is 5.58. The van der Waals surface area contributed by atoms with E-state index in [1.807, 2.05) is 0 Å². The van der Waals surface area contributed by atoms with Crippen LogP contribution in [-0.2, 0) is 9.53 Å². The van der Waals surface area contributed by atoms with Crippen LogP contribution in [0.3, 0.4) is 0 Å². The van der Waals surface area contributed by atoms with Crippen molar-refractivity contribution in [1.29, 1.82) is 0 Å². The van der Waals surface area contributed by atoms with Crippen LogP contribution in [0, 0.1) is 0 Å². The van der Waals surface area contributed by atoms with E-state index in [0.717, 1.165) is 19.4 Å². The maximum absolute atomic E-state index is 11.9. The molecule has 0 bridgehead atoms. The molecule has 110 valence electrons. The van der Waals surface area contributed by atoms with Crippen molar-refractivity contribution in [3.05, 3.63) is 0 Å². The zero-order valence-corrected chi connectivity index (χ0v) is 11.9. The van der Waals surface area contributed by atoms with E-state index in [4.69, 9.17) is 10.5 Å². The van der Waals surface area contributed by atoms with E-state index in [0.29, 0.717) is 19.1 Å². The molecule has 1 saturated carbocycles. The Bertz CT molecular complexity index is 292. The van der Waals surface area contributed by atoms with E-state index in [9.17, 15) is 4.79 Å².